The molecule has 1 N–H and O–H groups in total. The van der Waals surface area contributed by atoms with Crippen molar-refractivity contribution in [1.82, 2.24) is 0 Å². The van der Waals surface area contributed by atoms with Crippen LogP contribution in [0.25, 0.3) is 0 Å². The van der Waals surface area contributed by atoms with Gasteiger partial charge in [-0.15, -0.1) is 0 Å². The summed E-state index contributed by atoms with van der Waals surface area (Å²) in [7, 11) is 0. The van der Waals surface area contributed by atoms with E-state index in [0.717, 1.165) is 22.0 Å². The molecule has 0 aliphatic rings. The maximum absolute atomic E-state index is 9.29. The van der Waals surface area contributed by atoms with Crippen molar-refractivity contribution in [2.45, 2.75) is 39.7 Å². The molecule has 3 rings (SSSR count). The van der Waals surface area contributed by atoms with E-state index in [0.29, 0.717) is 0 Å². The lowest BCUT2D eigenvalue weighted by Gasteiger charge is -2.14. The van der Waals surface area contributed by atoms with E-state index in [1.165, 1.54) is 27.8 Å². The Kier molecular flexibility index (Phi) is 6.73. The molecule has 0 spiro atoms. The third kappa shape index (κ3) is 5.13. The Morgan fingerprint density at radius 1 is 0.893 bits per heavy atom. The topological polar surface area (TPSA) is 20.2 Å². The maximum Gasteiger partial charge on any atom is 0.0682 e. The molecular formula is C26H25BrO. The second-order valence-electron chi connectivity index (χ2n) is 7.33. The van der Waals surface area contributed by atoms with Crippen molar-refractivity contribution in [2.75, 3.05) is 0 Å². The largest absolute Gasteiger partial charge is 0.392 e. The highest BCUT2D eigenvalue weighted by atomic mass is 79.9. The van der Waals surface area contributed by atoms with Gasteiger partial charge in [0.15, 0.2) is 0 Å². The number of aryl methyl sites for hydroxylation is 3. The molecule has 0 heterocycles. The summed E-state index contributed by atoms with van der Waals surface area (Å²) in [5.74, 6) is 6.97. The summed E-state index contributed by atoms with van der Waals surface area (Å²) in [6, 6.07) is 21.1. The molecular weight excluding hydrogens is 408 g/mol. The van der Waals surface area contributed by atoms with Crippen LogP contribution >= 0.6 is 15.9 Å². The third-order valence-electron chi connectivity index (χ3n) is 5.05. The van der Waals surface area contributed by atoms with Crippen LogP contribution in [0.4, 0.5) is 0 Å². The minimum Gasteiger partial charge on any atom is -0.392 e. The average molecular weight is 433 g/mol. The molecule has 0 saturated carbocycles. The summed E-state index contributed by atoms with van der Waals surface area (Å²) in [6.07, 6.45) is 0.879. The zero-order valence-corrected chi connectivity index (χ0v) is 18.2. The van der Waals surface area contributed by atoms with Crippen LogP contribution in [-0.2, 0) is 13.0 Å². The highest BCUT2D eigenvalue weighted by molar-refractivity contribution is 9.10. The standard InChI is InChI=1S/C26H25BrO/c1-18-5-4-6-24(13-18)25(15-21-8-7-19(2)20(3)14-21)12-11-23-10-9-22(17-28)16-26(23)27/h4-10,13-14,16,25,28H,15,17H2,1-3H3. The summed E-state index contributed by atoms with van der Waals surface area (Å²) < 4.78 is 0.917. The van der Waals surface area contributed by atoms with Gasteiger partial charge in [-0.25, -0.2) is 0 Å². The zero-order valence-electron chi connectivity index (χ0n) is 16.6. The van der Waals surface area contributed by atoms with E-state index >= 15 is 0 Å². The predicted molar refractivity (Wildman–Crippen MR) is 120 cm³/mol. The van der Waals surface area contributed by atoms with Gasteiger partial charge in [-0.05, 0) is 83.1 Å². The van der Waals surface area contributed by atoms with Gasteiger partial charge in [-0.2, -0.15) is 0 Å². The smallest absolute Gasteiger partial charge is 0.0682 e. The van der Waals surface area contributed by atoms with Crippen molar-refractivity contribution in [2.24, 2.45) is 0 Å². The molecule has 0 aromatic heterocycles. The number of hydrogen-bond acceptors (Lipinski definition) is 1. The van der Waals surface area contributed by atoms with E-state index in [1.807, 2.05) is 18.2 Å². The molecule has 2 heteroatoms. The number of hydrogen-bond donors (Lipinski definition) is 1. The molecule has 1 atom stereocenters. The van der Waals surface area contributed by atoms with E-state index in [4.69, 9.17) is 0 Å². The van der Waals surface area contributed by atoms with Gasteiger partial charge in [-0.1, -0.05) is 65.9 Å². The molecule has 0 saturated heterocycles. The summed E-state index contributed by atoms with van der Waals surface area (Å²) in [5, 5.41) is 9.29. The van der Waals surface area contributed by atoms with Crippen LogP contribution in [0.15, 0.2) is 65.1 Å². The van der Waals surface area contributed by atoms with E-state index in [2.05, 4.69) is 91.0 Å². The SMILES string of the molecule is Cc1cccc(C(C#Cc2ccc(CO)cc2Br)Cc2ccc(C)c(C)c2)c1. The Labute approximate surface area is 176 Å². The normalized spacial score (nSPS) is 11.6. The second kappa shape index (κ2) is 9.24. The number of benzene rings is 3. The number of halogens is 1. The van der Waals surface area contributed by atoms with Gasteiger partial charge in [0, 0.05) is 16.0 Å². The minimum atomic E-state index is 0.0327. The number of aliphatic hydroxyl groups is 1. The molecule has 0 bridgehead atoms. The molecule has 3 aromatic rings. The lowest BCUT2D eigenvalue weighted by Crippen LogP contribution is -2.02. The van der Waals surface area contributed by atoms with Crippen LogP contribution in [0.3, 0.4) is 0 Å². The number of aliphatic hydroxyl groups excluding tert-OH is 1. The average Bonchev–Trinajstić information content (AvgIpc) is 2.68. The van der Waals surface area contributed by atoms with E-state index in [-0.39, 0.29) is 12.5 Å². The second-order valence-corrected chi connectivity index (χ2v) is 8.19. The van der Waals surface area contributed by atoms with Crippen molar-refractivity contribution < 1.29 is 5.11 Å². The molecule has 0 fully saturated rings. The van der Waals surface area contributed by atoms with Gasteiger partial charge in [0.2, 0.25) is 0 Å². The highest BCUT2D eigenvalue weighted by Gasteiger charge is 2.11. The zero-order chi connectivity index (χ0) is 20.1. The molecule has 3 aromatic carbocycles. The first-order valence-corrected chi connectivity index (χ1v) is 10.3. The van der Waals surface area contributed by atoms with Gasteiger partial charge in [0.05, 0.1) is 6.61 Å². The Bertz CT molecular complexity index is 1040. The molecule has 0 aliphatic carbocycles. The predicted octanol–water partition coefficient (Wildman–Crippen LogP) is 6.24. The van der Waals surface area contributed by atoms with Crippen molar-refractivity contribution in [3.05, 3.63) is 104 Å². The molecule has 1 nitrogen and oxygen atoms in total. The van der Waals surface area contributed by atoms with Crippen molar-refractivity contribution in [1.29, 1.82) is 0 Å². The van der Waals surface area contributed by atoms with Crippen LogP contribution in [0.5, 0.6) is 0 Å². The lowest BCUT2D eigenvalue weighted by atomic mass is 9.90. The fraction of sp³-hybridized carbons (Fsp3) is 0.231. The van der Waals surface area contributed by atoms with Gasteiger partial charge < -0.3 is 5.11 Å². The summed E-state index contributed by atoms with van der Waals surface area (Å²) in [5.41, 5.74) is 8.24. The van der Waals surface area contributed by atoms with Crippen LogP contribution in [-0.4, -0.2) is 5.11 Å². The maximum atomic E-state index is 9.29. The molecule has 0 radical (unpaired) electrons. The highest BCUT2D eigenvalue weighted by Crippen LogP contribution is 2.24. The van der Waals surface area contributed by atoms with Crippen molar-refractivity contribution in [3.63, 3.8) is 0 Å². The summed E-state index contributed by atoms with van der Waals surface area (Å²) >= 11 is 3.58. The minimum absolute atomic E-state index is 0.0327. The molecule has 0 aliphatic heterocycles. The van der Waals surface area contributed by atoms with Crippen LogP contribution in [0.2, 0.25) is 0 Å². The third-order valence-corrected chi connectivity index (χ3v) is 5.71. The van der Waals surface area contributed by atoms with Crippen LogP contribution in [0, 0.1) is 32.6 Å². The van der Waals surface area contributed by atoms with Crippen LogP contribution < -0.4 is 0 Å². The molecule has 1 unspecified atom stereocenters. The van der Waals surface area contributed by atoms with E-state index in [1.54, 1.807) is 0 Å². The Morgan fingerprint density at radius 3 is 2.36 bits per heavy atom. The Balaban J connectivity index is 1.96. The fourth-order valence-corrected chi connectivity index (χ4v) is 3.75. The van der Waals surface area contributed by atoms with E-state index < -0.39 is 0 Å². The summed E-state index contributed by atoms with van der Waals surface area (Å²) in [6.45, 7) is 6.45. The Morgan fingerprint density at radius 2 is 1.68 bits per heavy atom. The molecule has 28 heavy (non-hydrogen) atoms. The van der Waals surface area contributed by atoms with Gasteiger partial charge >= 0.3 is 0 Å². The quantitative estimate of drug-likeness (QED) is 0.483. The van der Waals surface area contributed by atoms with Gasteiger partial charge in [-0.3, -0.25) is 0 Å². The van der Waals surface area contributed by atoms with Gasteiger partial charge in [0.1, 0.15) is 0 Å². The number of rotatable bonds is 4. The summed E-state index contributed by atoms with van der Waals surface area (Å²) in [4.78, 5) is 0. The van der Waals surface area contributed by atoms with Crippen LogP contribution in [0.1, 0.15) is 44.9 Å². The first-order chi connectivity index (χ1) is 13.5. The lowest BCUT2D eigenvalue weighted by molar-refractivity contribution is 0.282. The monoisotopic (exact) mass is 432 g/mol. The molecule has 142 valence electrons. The first-order valence-electron chi connectivity index (χ1n) is 9.50. The fourth-order valence-electron chi connectivity index (χ4n) is 3.23. The van der Waals surface area contributed by atoms with E-state index in [9.17, 15) is 5.11 Å². The molecule has 0 amide bonds. The Hall–Kier alpha value is -2.34. The van der Waals surface area contributed by atoms with Crippen molar-refractivity contribution in [3.8, 4) is 11.8 Å². The first kappa shape index (κ1) is 20.4. The van der Waals surface area contributed by atoms with Gasteiger partial charge in [0.25, 0.3) is 0 Å². The van der Waals surface area contributed by atoms with Crippen molar-refractivity contribution >= 4 is 15.9 Å².